The van der Waals surface area contributed by atoms with Crippen LogP contribution in [0.4, 0.5) is 0 Å². The Hall–Kier alpha value is -1.10. The van der Waals surface area contributed by atoms with Gasteiger partial charge in [0.05, 0.1) is 0 Å². The minimum absolute atomic E-state index is 0.00776. The maximum Gasteiger partial charge on any atom is 0.311 e. The first-order valence-corrected chi connectivity index (χ1v) is 5.86. The van der Waals surface area contributed by atoms with E-state index >= 15 is 0 Å². The molecule has 0 radical (unpaired) electrons. The van der Waals surface area contributed by atoms with Crippen LogP contribution in [0.15, 0.2) is 0 Å². The maximum absolute atomic E-state index is 11.7. The van der Waals surface area contributed by atoms with Crippen LogP contribution in [0.2, 0.25) is 0 Å². The van der Waals surface area contributed by atoms with Gasteiger partial charge in [0.25, 0.3) is 0 Å². The summed E-state index contributed by atoms with van der Waals surface area (Å²) < 4.78 is 0. The molecule has 0 aliphatic carbocycles. The molecule has 5 nitrogen and oxygen atoms in total. The van der Waals surface area contributed by atoms with Crippen LogP contribution < -0.4 is 5.32 Å². The zero-order chi connectivity index (χ0) is 12.1. The Morgan fingerprint density at radius 2 is 1.75 bits per heavy atom. The van der Waals surface area contributed by atoms with Crippen LogP contribution in [0.5, 0.6) is 0 Å². The van der Waals surface area contributed by atoms with Crippen LogP contribution in [0.1, 0.15) is 20.8 Å². The second kappa shape index (κ2) is 5.84. The molecule has 0 aromatic carbocycles. The van der Waals surface area contributed by atoms with Crippen LogP contribution in [0.3, 0.4) is 0 Å². The van der Waals surface area contributed by atoms with Gasteiger partial charge in [-0.1, -0.05) is 6.92 Å². The molecule has 0 bridgehead atoms. The molecule has 1 heterocycles. The van der Waals surface area contributed by atoms with Crippen LogP contribution in [-0.2, 0) is 9.59 Å². The van der Waals surface area contributed by atoms with Crippen LogP contribution in [-0.4, -0.2) is 60.4 Å². The third-order valence-corrected chi connectivity index (χ3v) is 2.72. The van der Waals surface area contributed by atoms with E-state index in [1.807, 2.05) is 13.8 Å². The van der Waals surface area contributed by atoms with Crippen molar-refractivity contribution >= 4 is 11.8 Å². The van der Waals surface area contributed by atoms with Crippen LogP contribution in [0, 0.1) is 0 Å². The predicted octanol–water partition coefficient (Wildman–Crippen LogP) is -0.325. The third-order valence-electron chi connectivity index (χ3n) is 2.72. The highest BCUT2D eigenvalue weighted by Crippen LogP contribution is 2.01. The molecule has 92 valence electrons. The van der Waals surface area contributed by atoms with Gasteiger partial charge in [0.1, 0.15) is 0 Å². The van der Waals surface area contributed by atoms with E-state index in [9.17, 15) is 9.59 Å². The molecule has 2 amide bonds. The normalized spacial score (nSPS) is 17.6. The number of nitrogens with one attached hydrogen (secondary N) is 1. The summed E-state index contributed by atoms with van der Waals surface area (Å²) in [6.07, 6.45) is 0. The fraction of sp³-hybridized carbons (Fsp3) is 0.818. The van der Waals surface area contributed by atoms with Gasteiger partial charge in [-0.3, -0.25) is 9.59 Å². The Bertz CT molecular complexity index is 258. The van der Waals surface area contributed by atoms with Gasteiger partial charge in [0.15, 0.2) is 0 Å². The highest BCUT2D eigenvalue weighted by molar-refractivity contribution is 6.35. The Morgan fingerprint density at radius 1 is 1.19 bits per heavy atom. The summed E-state index contributed by atoms with van der Waals surface area (Å²) in [6, 6.07) is 0.00776. The summed E-state index contributed by atoms with van der Waals surface area (Å²) in [7, 11) is 0. The molecule has 1 aliphatic heterocycles. The lowest BCUT2D eigenvalue weighted by atomic mass is 10.3. The topological polar surface area (TPSA) is 52.7 Å². The number of carbonyl (C=O) groups excluding carboxylic acids is 2. The van der Waals surface area contributed by atoms with Gasteiger partial charge < -0.3 is 15.1 Å². The number of rotatable bonds is 2. The van der Waals surface area contributed by atoms with Gasteiger partial charge in [-0.25, -0.2) is 0 Å². The number of likely N-dealkylation sites (N-methyl/N-ethyl adjacent to an activating group) is 1. The lowest BCUT2D eigenvalue weighted by Gasteiger charge is -2.33. The molecule has 0 atom stereocenters. The number of piperazine rings is 1. The van der Waals surface area contributed by atoms with E-state index in [1.165, 1.54) is 0 Å². The van der Waals surface area contributed by atoms with E-state index in [1.54, 1.807) is 4.90 Å². The molecule has 1 N–H and O–H groups in total. The van der Waals surface area contributed by atoms with E-state index < -0.39 is 11.8 Å². The summed E-state index contributed by atoms with van der Waals surface area (Å²) in [5.74, 6) is -0.885. The van der Waals surface area contributed by atoms with Gasteiger partial charge in [-0.2, -0.15) is 0 Å². The molecule has 0 spiro atoms. The molecule has 0 unspecified atom stereocenters. The minimum Gasteiger partial charge on any atom is -0.346 e. The van der Waals surface area contributed by atoms with Crippen molar-refractivity contribution in [2.24, 2.45) is 0 Å². The summed E-state index contributed by atoms with van der Waals surface area (Å²) >= 11 is 0. The van der Waals surface area contributed by atoms with Crippen molar-refractivity contribution in [2.45, 2.75) is 26.8 Å². The number of hydrogen-bond acceptors (Lipinski definition) is 3. The first-order valence-electron chi connectivity index (χ1n) is 5.86. The number of nitrogens with zero attached hydrogens (tertiary/aromatic N) is 2. The first-order chi connectivity index (χ1) is 7.54. The molecule has 5 heteroatoms. The molecule has 0 aromatic heterocycles. The fourth-order valence-corrected chi connectivity index (χ4v) is 1.73. The van der Waals surface area contributed by atoms with Gasteiger partial charge in [-0.05, 0) is 20.4 Å². The number of hydrogen-bond donors (Lipinski definition) is 1. The minimum atomic E-state index is -0.486. The van der Waals surface area contributed by atoms with E-state index in [0.29, 0.717) is 13.1 Å². The second-order valence-electron chi connectivity index (χ2n) is 4.35. The fourth-order valence-electron chi connectivity index (χ4n) is 1.73. The lowest BCUT2D eigenvalue weighted by molar-refractivity contribution is -0.147. The zero-order valence-electron chi connectivity index (χ0n) is 10.3. The molecule has 0 aromatic rings. The molecular formula is C11H21N3O2. The Labute approximate surface area is 96.8 Å². The van der Waals surface area contributed by atoms with Crippen molar-refractivity contribution in [1.29, 1.82) is 0 Å². The largest absolute Gasteiger partial charge is 0.346 e. The van der Waals surface area contributed by atoms with E-state index in [4.69, 9.17) is 0 Å². The molecule has 16 heavy (non-hydrogen) atoms. The molecule has 1 aliphatic rings. The highest BCUT2D eigenvalue weighted by Gasteiger charge is 2.25. The summed E-state index contributed by atoms with van der Waals surface area (Å²) in [6.45, 7) is 9.81. The summed E-state index contributed by atoms with van der Waals surface area (Å²) in [5.41, 5.74) is 0. The van der Waals surface area contributed by atoms with Gasteiger partial charge in [-0.15, -0.1) is 0 Å². The molecule has 1 rings (SSSR count). The number of amides is 2. The average molecular weight is 227 g/mol. The second-order valence-corrected chi connectivity index (χ2v) is 4.35. The Balaban J connectivity index is 2.41. The molecule has 0 saturated carbocycles. The van der Waals surface area contributed by atoms with Gasteiger partial charge >= 0.3 is 11.8 Å². The number of carbonyl (C=O) groups is 2. The smallest absolute Gasteiger partial charge is 0.311 e. The van der Waals surface area contributed by atoms with E-state index in [0.717, 1.165) is 19.6 Å². The van der Waals surface area contributed by atoms with Crippen molar-refractivity contribution in [3.05, 3.63) is 0 Å². The monoisotopic (exact) mass is 227 g/mol. The average Bonchev–Trinajstić information content (AvgIpc) is 2.27. The lowest BCUT2D eigenvalue weighted by Crippen LogP contribution is -2.53. The molecule has 1 fully saturated rings. The first kappa shape index (κ1) is 13.0. The van der Waals surface area contributed by atoms with E-state index in [-0.39, 0.29) is 6.04 Å². The summed E-state index contributed by atoms with van der Waals surface area (Å²) in [5, 5.41) is 2.62. The zero-order valence-corrected chi connectivity index (χ0v) is 10.3. The Kier molecular flexibility index (Phi) is 4.73. The maximum atomic E-state index is 11.7. The molecule has 1 saturated heterocycles. The van der Waals surface area contributed by atoms with Crippen molar-refractivity contribution in [1.82, 2.24) is 15.1 Å². The standard InChI is InChI=1S/C11H21N3O2/c1-4-13-5-7-14(8-6-13)11(16)10(15)12-9(2)3/h9H,4-8H2,1-3H3,(H,12,15). The van der Waals surface area contributed by atoms with E-state index in [2.05, 4.69) is 17.1 Å². The van der Waals surface area contributed by atoms with Crippen LogP contribution in [0.25, 0.3) is 0 Å². The van der Waals surface area contributed by atoms with Crippen molar-refractivity contribution in [3.63, 3.8) is 0 Å². The SMILES string of the molecule is CCN1CCN(C(=O)C(=O)NC(C)C)CC1. The van der Waals surface area contributed by atoms with Crippen LogP contribution >= 0.6 is 0 Å². The highest BCUT2D eigenvalue weighted by atomic mass is 16.2. The van der Waals surface area contributed by atoms with Gasteiger partial charge in [0, 0.05) is 32.2 Å². The summed E-state index contributed by atoms with van der Waals surface area (Å²) in [4.78, 5) is 27.1. The van der Waals surface area contributed by atoms with Crippen molar-refractivity contribution in [2.75, 3.05) is 32.7 Å². The molecular weight excluding hydrogens is 206 g/mol. The van der Waals surface area contributed by atoms with Crippen molar-refractivity contribution < 1.29 is 9.59 Å². The van der Waals surface area contributed by atoms with Crippen molar-refractivity contribution in [3.8, 4) is 0 Å². The van der Waals surface area contributed by atoms with Gasteiger partial charge in [0.2, 0.25) is 0 Å². The quantitative estimate of drug-likeness (QED) is 0.658. The predicted molar refractivity (Wildman–Crippen MR) is 62.0 cm³/mol. The Morgan fingerprint density at radius 3 is 2.19 bits per heavy atom. The third kappa shape index (κ3) is 3.48.